The highest BCUT2D eigenvalue weighted by molar-refractivity contribution is 5.91. The molecule has 4 nitrogen and oxygen atoms in total. The van der Waals surface area contributed by atoms with E-state index in [1.165, 1.54) is 5.56 Å². The molecule has 1 heterocycles. The normalized spacial score (nSPS) is 10.7. The van der Waals surface area contributed by atoms with Crippen molar-refractivity contribution in [3.8, 4) is 0 Å². The van der Waals surface area contributed by atoms with Crippen molar-refractivity contribution in [2.24, 2.45) is 0 Å². The highest BCUT2D eigenvalue weighted by Gasteiger charge is 2.05. The second-order valence-electron chi connectivity index (χ2n) is 6.12. The highest BCUT2D eigenvalue weighted by atomic mass is 15.0. The minimum Gasteiger partial charge on any atom is -0.356 e. The average molecular weight is 340 g/mol. The number of hydrogen-bond donors (Lipinski definition) is 2. The largest absolute Gasteiger partial charge is 0.356 e. The van der Waals surface area contributed by atoms with Gasteiger partial charge in [-0.15, -0.1) is 0 Å². The van der Waals surface area contributed by atoms with Crippen molar-refractivity contribution in [3.05, 3.63) is 84.7 Å². The Bertz CT molecular complexity index is 1010. The number of hydrogen-bond acceptors (Lipinski definition) is 4. The van der Waals surface area contributed by atoms with Gasteiger partial charge in [-0.25, -0.2) is 9.97 Å². The lowest BCUT2D eigenvalue weighted by Crippen LogP contribution is -1.97. The Morgan fingerprint density at radius 3 is 2.15 bits per heavy atom. The molecule has 0 fully saturated rings. The van der Waals surface area contributed by atoms with Crippen molar-refractivity contribution in [3.63, 3.8) is 0 Å². The number of para-hydroxylation sites is 1. The quantitative estimate of drug-likeness (QED) is 0.491. The van der Waals surface area contributed by atoms with Gasteiger partial charge < -0.3 is 10.6 Å². The second kappa shape index (κ2) is 7.23. The van der Waals surface area contributed by atoms with E-state index < -0.39 is 0 Å². The lowest BCUT2D eigenvalue weighted by atomic mass is 10.1. The van der Waals surface area contributed by atoms with E-state index in [0.717, 1.165) is 40.2 Å². The Hall–Kier alpha value is -3.40. The Labute approximate surface area is 152 Å². The molecule has 0 aliphatic rings. The smallest absolute Gasteiger partial charge is 0.141 e. The van der Waals surface area contributed by atoms with E-state index in [9.17, 15) is 0 Å². The fraction of sp³-hybridized carbons (Fsp3) is 0.0909. The third kappa shape index (κ3) is 3.49. The van der Waals surface area contributed by atoms with Gasteiger partial charge in [-0.2, -0.15) is 0 Å². The van der Waals surface area contributed by atoms with Crippen molar-refractivity contribution < 1.29 is 0 Å². The minimum atomic E-state index is 0.828. The van der Waals surface area contributed by atoms with Crippen LogP contribution in [0.15, 0.2) is 79.1 Å². The fourth-order valence-corrected chi connectivity index (χ4v) is 2.89. The van der Waals surface area contributed by atoms with Gasteiger partial charge in [-0.05, 0) is 60.5 Å². The monoisotopic (exact) mass is 340 g/mol. The van der Waals surface area contributed by atoms with Crippen LogP contribution in [0.4, 0.5) is 22.9 Å². The Kier molecular flexibility index (Phi) is 4.48. The zero-order valence-corrected chi connectivity index (χ0v) is 14.6. The number of fused-ring (bicyclic) bond motifs is 1. The minimum absolute atomic E-state index is 0.828. The van der Waals surface area contributed by atoms with Gasteiger partial charge in [0, 0.05) is 22.4 Å². The Morgan fingerprint density at radius 2 is 1.42 bits per heavy atom. The van der Waals surface area contributed by atoms with Gasteiger partial charge in [0.15, 0.2) is 0 Å². The molecule has 1 aromatic heterocycles. The fourth-order valence-electron chi connectivity index (χ4n) is 2.89. The topological polar surface area (TPSA) is 49.8 Å². The van der Waals surface area contributed by atoms with Crippen LogP contribution in [-0.4, -0.2) is 9.97 Å². The van der Waals surface area contributed by atoms with Crippen LogP contribution < -0.4 is 10.6 Å². The molecule has 4 rings (SSSR count). The molecule has 0 spiro atoms. The summed E-state index contributed by atoms with van der Waals surface area (Å²) >= 11 is 0. The molecule has 128 valence electrons. The number of aryl methyl sites for hydroxylation is 1. The molecule has 3 aromatic carbocycles. The summed E-state index contributed by atoms with van der Waals surface area (Å²) in [5, 5.41) is 7.84. The van der Waals surface area contributed by atoms with Crippen molar-refractivity contribution in [2.45, 2.75) is 13.3 Å². The summed E-state index contributed by atoms with van der Waals surface area (Å²) in [5.41, 5.74) is 5.33. The molecule has 4 heteroatoms. The molecule has 0 radical (unpaired) electrons. The maximum Gasteiger partial charge on any atom is 0.141 e. The van der Waals surface area contributed by atoms with E-state index in [4.69, 9.17) is 0 Å². The molecule has 0 bridgehead atoms. The first kappa shape index (κ1) is 16.1. The van der Waals surface area contributed by atoms with Crippen molar-refractivity contribution in [1.82, 2.24) is 9.97 Å². The standard InChI is InChI=1S/C22H20N4/c1-2-16-8-13-21-20(14-16)22(24-15-23-21)26-19-11-9-18(10-12-19)25-17-6-4-3-5-7-17/h3-15,25H,2H2,1H3,(H,23,24,26). The molecule has 26 heavy (non-hydrogen) atoms. The first-order valence-electron chi connectivity index (χ1n) is 8.74. The number of rotatable bonds is 5. The zero-order valence-electron chi connectivity index (χ0n) is 14.6. The molecule has 0 aliphatic heterocycles. The molecular formula is C22H20N4. The molecule has 0 aliphatic carbocycles. The van der Waals surface area contributed by atoms with Crippen molar-refractivity contribution >= 4 is 33.8 Å². The zero-order chi connectivity index (χ0) is 17.8. The van der Waals surface area contributed by atoms with Crippen molar-refractivity contribution in [1.29, 1.82) is 0 Å². The summed E-state index contributed by atoms with van der Waals surface area (Å²) < 4.78 is 0. The molecule has 2 N–H and O–H groups in total. The van der Waals surface area contributed by atoms with Crippen molar-refractivity contribution in [2.75, 3.05) is 10.6 Å². The predicted molar refractivity (Wildman–Crippen MR) is 108 cm³/mol. The predicted octanol–water partition coefficient (Wildman–Crippen LogP) is 5.68. The van der Waals surface area contributed by atoms with Crippen LogP contribution in [0.25, 0.3) is 10.9 Å². The van der Waals surface area contributed by atoms with Gasteiger partial charge in [-0.1, -0.05) is 31.2 Å². The van der Waals surface area contributed by atoms with Crippen LogP contribution in [0.1, 0.15) is 12.5 Å². The summed E-state index contributed by atoms with van der Waals surface area (Å²) in [6.07, 6.45) is 2.59. The van der Waals surface area contributed by atoms with Crippen LogP contribution in [0, 0.1) is 0 Å². The number of nitrogens with zero attached hydrogens (tertiary/aromatic N) is 2. The molecular weight excluding hydrogens is 320 g/mol. The van der Waals surface area contributed by atoms with Crippen LogP contribution in [-0.2, 0) is 6.42 Å². The summed E-state index contributed by atoms with van der Waals surface area (Å²) in [6, 6.07) is 24.6. The van der Waals surface area contributed by atoms with E-state index in [-0.39, 0.29) is 0 Å². The third-order valence-corrected chi connectivity index (χ3v) is 4.32. The summed E-state index contributed by atoms with van der Waals surface area (Å²) in [4.78, 5) is 8.79. The third-order valence-electron chi connectivity index (χ3n) is 4.32. The SMILES string of the molecule is CCc1ccc2ncnc(Nc3ccc(Nc4ccccc4)cc3)c2c1. The lowest BCUT2D eigenvalue weighted by Gasteiger charge is -2.11. The molecule has 0 atom stereocenters. The first-order chi connectivity index (χ1) is 12.8. The first-order valence-corrected chi connectivity index (χ1v) is 8.74. The molecule has 0 saturated heterocycles. The van der Waals surface area contributed by atoms with Gasteiger partial charge in [0.2, 0.25) is 0 Å². The second-order valence-corrected chi connectivity index (χ2v) is 6.12. The van der Waals surface area contributed by atoms with Crippen LogP contribution in [0.3, 0.4) is 0 Å². The van der Waals surface area contributed by atoms with E-state index in [1.807, 2.05) is 48.5 Å². The van der Waals surface area contributed by atoms with E-state index >= 15 is 0 Å². The van der Waals surface area contributed by atoms with Gasteiger partial charge in [0.25, 0.3) is 0 Å². The van der Waals surface area contributed by atoms with Gasteiger partial charge in [0.1, 0.15) is 12.1 Å². The molecule has 0 saturated carbocycles. The van der Waals surface area contributed by atoms with E-state index in [2.05, 4.69) is 51.8 Å². The summed E-state index contributed by atoms with van der Waals surface area (Å²) in [6.45, 7) is 2.15. The van der Waals surface area contributed by atoms with E-state index in [0.29, 0.717) is 0 Å². The van der Waals surface area contributed by atoms with E-state index in [1.54, 1.807) is 6.33 Å². The van der Waals surface area contributed by atoms with Gasteiger partial charge in [0.05, 0.1) is 5.52 Å². The van der Waals surface area contributed by atoms with Gasteiger partial charge in [-0.3, -0.25) is 0 Å². The highest BCUT2D eigenvalue weighted by Crippen LogP contribution is 2.25. The van der Waals surface area contributed by atoms with Crippen LogP contribution in [0.2, 0.25) is 0 Å². The summed E-state index contributed by atoms with van der Waals surface area (Å²) in [5.74, 6) is 0.828. The number of aromatic nitrogens is 2. The summed E-state index contributed by atoms with van der Waals surface area (Å²) in [7, 11) is 0. The Balaban J connectivity index is 1.57. The number of nitrogens with one attached hydrogen (secondary N) is 2. The molecule has 0 amide bonds. The molecule has 0 unspecified atom stereocenters. The lowest BCUT2D eigenvalue weighted by molar-refractivity contribution is 1.14. The average Bonchev–Trinajstić information content (AvgIpc) is 2.70. The molecule has 4 aromatic rings. The van der Waals surface area contributed by atoms with Gasteiger partial charge >= 0.3 is 0 Å². The van der Waals surface area contributed by atoms with Crippen LogP contribution >= 0.6 is 0 Å². The van der Waals surface area contributed by atoms with Crippen LogP contribution in [0.5, 0.6) is 0 Å². The maximum absolute atomic E-state index is 4.43. The maximum atomic E-state index is 4.43. The number of anilines is 4. The Morgan fingerprint density at radius 1 is 0.731 bits per heavy atom. The number of benzene rings is 3.